The Balaban J connectivity index is 3.48. The van der Waals surface area contributed by atoms with Crippen molar-refractivity contribution >= 4 is 0 Å². The standard InChI is InChI=1S/C8H15N/c1-5-7-9-8(3,4)6-2/h1,9H,6-7H2,2-4H3. The second-order valence-corrected chi connectivity index (χ2v) is 2.80. The maximum Gasteiger partial charge on any atom is 0.0577 e. The van der Waals surface area contributed by atoms with E-state index in [1.54, 1.807) is 0 Å². The summed E-state index contributed by atoms with van der Waals surface area (Å²) in [4.78, 5) is 0. The van der Waals surface area contributed by atoms with Crippen molar-refractivity contribution in [3.05, 3.63) is 0 Å². The monoisotopic (exact) mass is 125 g/mol. The molecule has 52 valence electrons. The van der Waals surface area contributed by atoms with Gasteiger partial charge in [-0.2, -0.15) is 0 Å². The molecule has 0 amide bonds. The van der Waals surface area contributed by atoms with Gasteiger partial charge < -0.3 is 5.32 Å². The zero-order chi connectivity index (χ0) is 7.33. The lowest BCUT2D eigenvalue weighted by atomic mass is 10.0. The summed E-state index contributed by atoms with van der Waals surface area (Å²) >= 11 is 0. The minimum absolute atomic E-state index is 0.201. The van der Waals surface area contributed by atoms with Crippen LogP contribution >= 0.6 is 0 Å². The van der Waals surface area contributed by atoms with Crippen molar-refractivity contribution in [2.45, 2.75) is 32.7 Å². The Morgan fingerprint density at radius 2 is 2.11 bits per heavy atom. The maximum atomic E-state index is 5.08. The van der Waals surface area contributed by atoms with Crippen molar-refractivity contribution in [3.63, 3.8) is 0 Å². The van der Waals surface area contributed by atoms with Crippen molar-refractivity contribution < 1.29 is 0 Å². The van der Waals surface area contributed by atoms with Crippen LogP contribution < -0.4 is 5.32 Å². The number of hydrogen-bond donors (Lipinski definition) is 1. The van der Waals surface area contributed by atoms with E-state index in [4.69, 9.17) is 6.42 Å². The highest BCUT2D eigenvalue weighted by molar-refractivity contribution is 4.90. The second kappa shape index (κ2) is 3.53. The van der Waals surface area contributed by atoms with Crippen LogP contribution in [0.1, 0.15) is 27.2 Å². The molecule has 0 aromatic heterocycles. The summed E-state index contributed by atoms with van der Waals surface area (Å²) in [6.07, 6.45) is 6.18. The van der Waals surface area contributed by atoms with Gasteiger partial charge in [0.05, 0.1) is 6.54 Å². The lowest BCUT2D eigenvalue weighted by Gasteiger charge is -2.22. The average Bonchev–Trinajstić information content (AvgIpc) is 1.84. The van der Waals surface area contributed by atoms with Crippen molar-refractivity contribution in [1.29, 1.82) is 0 Å². The summed E-state index contributed by atoms with van der Waals surface area (Å²) in [6, 6.07) is 0. The van der Waals surface area contributed by atoms with Gasteiger partial charge in [-0.3, -0.25) is 0 Å². The molecular weight excluding hydrogens is 110 g/mol. The Kier molecular flexibility index (Phi) is 3.34. The first-order chi connectivity index (χ1) is 4.12. The first kappa shape index (κ1) is 8.52. The van der Waals surface area contributed by atoms with E-state index in [0.717, 1.165) is 6.42 Å². The summed E-state index contributed by atoms with van der Waals surface area (Å²) in [5, 5.41) is 3.22. The Bertz CT molecular complexity index is 108. The second-order valence-electron chi connectivity index (χ2n) is 2.80. The third-order valence-electron chi connectivity index (χ3n) is 1.55. The summed E-state index contributed by atoms with van der Waals surface area (Å²) in [5.74, 6) is 2.55. The molecule has 0 aliphatic carbocycles. The van der Waals surface area contributed by atoms with Gasteiger partial charge in [-0.15, -0.1) is 6.42 Å². The molecule has 0 saturated heterocycles. The molecule has 0 atom stereocenters. The highest BCUT2D eigenvalue weighted by atomic mass is 14.9. The minimum atomic E-state index is 0.201. The molecule has 0 aliphatic heterocycles. The highest BCUT2D eigenvalue weighted by Gasteiger charge is 2.11. The van der Waals surface area contributed by atoms with Crippen molar-refractivity contribution in [3.8, 4) is 12.3 Å². The molecule has 0 saturated carbocycles. The molecule has 0 aromatic rings. The average molecular weight is 125 g/mol. The predicted octanol–water partition coefficient (Wildman–Crippen LogP) is 1.40. The molecule has 0 fully saturated rings. The Morgan fingerprint density at radius 1 is 1.56 bits per heavy atom. The van der Waals surface area contributed by atoms with E-state index in [9.17, 15) is 0 Å². The van der Waals surface area contributed by atoms with E-state index >= 15 is 0 Å². The summed E-state index contributed by atoms with van der Waals surface area (Å²) in [7, 11) is 0. The van der Waals surface area contributed by atoms with Gasteiger partial charge >= 0.3 is 0 Å². The molecular formula is C8H15N. The smallest absolute Gasteiger partial charge is 0.0577 e. The van der Waals surface area contributed by atoms with Gasteiger partial charge in [0.1, 0.15) is 0 Å². The van der Waals surface area contributed by atoms with Gasteiger partial charge in [0, 0.05) is 5.54 Å². The topological polar surface area (TPSA) is 12.0 Å². The number of rotatable bonds is 3. The van der Waals surface area contributed by atoms with Gasteiger partial charge in [0.25, 0.3) is 0 Å². The van der Waals surface area contributed by atoms with E-state index in [1.165, 1.54) is 0 Å². The zero-order valence-corrected chi connectivity index (χ0v) is 6.49. The van der Waals surface area contributed by atoms with Crippen LogP contribution in [0.5, 0.6) is 0 Å². The number of terminal acetylenes is 1. The Morgan fingerprint density at radius 3 is 2.44 bits per heavy atom. The van der Waals surface area contributed by atoms with Crippen LogP contribution in [0.25, 0.3) is 0 Å². The summed E-state index contributed by atoms with van der Waals surface area (Å²) < 4.78 is 0. The summed E-state index contributed by atoms with van der Waals surface area (Å²) in [6.45, 7) is 7.10. The molecule has 0 unspecified atom stereocenters. The van der Waals surface area contributed by atoms with Crippen LogP contribution in [-0.4, -0.2) is 12.1 Å². The van der Waals surface area contributed by atoms with E-state index < -0.39 is 0 Å². The van der Waals surface area contributed by atoms with Crippen LogP contribution in [0.15, 0.2) is 0 Å². The molecule has 9 heavy (non-hydrogen) atoms. The highest BCUT2D eigenvalue weighted by Crippen LogP contribution is 2.04. The largest absolute Gasteiger partial charge is 0.301 e. The Labute approximate surface area is 57.8 Å². The molecule has 0 aliphatic rings. The normalized spacial score (nSPS) is 10.9. The molecule has 0 rings (SSSR count). The van der Waals surface area contributed by atoms with Crippen LogP contribution in [0.3, 0.4) is 0 Å². The Hall–Kier alpha value is -0.480. The van der Waals surface area contributed by atoms with Gasteiger partial charge in [-0.25, -0.2) is 0 Å². The molecule has 0 bridgehead atoms. The lowest BCUT2D eigenvalue weighted by Crippen LogP contribution is -2.38. The minimum Gasteiger partial charge on any atom is -0.301 e. The third kappa shape index (κ3) is 4.05. The number of nitrogens with one attached hydrogen (secondary N) is 1. The van der Waals surface area contributed by atoms with E-state index in [2.05, 4.69) is 32.0 Å². The van der Waals surface area contributed by atoms with Crippen molar-refractivity contribution in [2.24, 2.45) is 0 Å². The molecule has 0 heterocycles. The van der Waals surface area contributed by atoms with Crippen molar-refractivity contribution in [2.75, 3.05) is 6.54 Å². The quantitative estimate of drug-likeness (QED) is 0.562. The van der Waals surface area contributed by atoms with E-state index in [1.807, 2.05) is 0 Å². The molecule has 0 radical (unpaired) electrons. The summed E-state index contributed by atoms with van der Waals surface area (Å²) in [5.41, 5.74) is 0.201. The van der Waals surface area contributed by atoms with Gasteiger partial charge in [-0.05, 0) is 20.3 Å². The van der Waals surface area contributed by atoms with E-state index in [0.29, 0.717) is 6.54 Å². The van der Waals surface area contributed by atoms with Gasteiger partial charge in [0.15, 0.2) is 0 Å². The van der Waals surface area contributed by atoms with Crippen LogP contribution in [0.2, 0.25) is 0 Å². The zero-order valence-electron chi connectivity index (χ0n) is 6.49. The molecule has 1 nitrogen and oxygen atoms in total. The fourth-order valence-corrected chi connectivity index (χ4v) is 0.415. The van der Waals surface area contributed by atoms with E-state index in [-0.39, 0.29) is 5.54 Å². The molecule has 1 heteroatoms. The number of hydrogen-bond acceptors (Lipinski definition) is 1. The first-order valence-electron chi connectivity index (χ1n) is 3.31. The predicted molar refractivity (Wildman–Crippen MR) is 41.2 cm³/mol. The van der Waals surface area contributed by atoms with Gasteiger partial charge in [-0.1, -0.05) is 12.8 Å². The van der Waals surface area contributed by atoms with Crippen molar-refractivity contribution in [1.82, 2.24) is 5.32 Å². The van der Waals surface area contributed by atoms with Gasteiger partial charge in [0.2, 0.25) is 0 Å². The molecule has 0 aromatic carbocycles. The first-order valence-corrected chi connectivity index (χ1v) is 3.31. The van der Waals surface area contributed by atoms with Crippen LogP contribution in [0, 0.1) is 12.3 Å². The van der Waals surface area contributed by atoms with Crippen LogP contribution in [-0.2, 0) is 0 Å². The van der Waals surface area contributed by atoms with Crippen LogP contribution in [0.4, 0.5) is 0 Å². The fraction of sp³-hybridized carbons (Fsp3) is 0.750. The molecule has 1 N–H and O–H groups in total. The SMILES string of the molecule is C#CCNC(C)(C)CC. The third-order valence-corrected chi connectivity index (χ3v) is 1.55. The fourth-order valence-electron chi connectivity index (χ4n) is 0.415. The maximum absolute atomic E-state index is 5.08. The lowest BCUT2D eigenvalue weighted by molar-refractivity contribution is 0.397. The molecule has 0 spiro atoms.